The zero-order valence-electron chi connectivity index (χ0n) is 20.0. The quantitative estimate of drug-likeness (QED) is 0.685. The van der Waals surface area contributed by atoms with E-state index in [-0.39, 0.29) is 24.4 Å². The maximum atomic E-state index is 13.6. The van der Waals surface area contributed by atoms with E-state index < -0.39 is 17.7 Å². The number of rotatable bonds is 4. The van der Waals surface area contributed by atoms with Gasteiger partial charge in [0.05, 0.1) is 6.54 Å². The van der Waals surface area contributed by atoms with Gasteiger partial charge in [-0.3, -0.25) is 14.6 Å². The normalized spacial score (nSPS) is 24.8. The highest BCUT2D eigenvalue weighted by Crippen LogP contribution is 2.28. The fraction of sp³-hybridized carbons (Fsp3) is 0.680. The Bertz CT molecular complexity index is 837. The molecular formula is C25H36FN3O4. The Hall–Kier alpha value is -2.35. The van der Waals surface area contributed by atoms with Gasteiger partial charge in [0.15, 0.2) is 0 Å². The first-order valence-corrected chi connectivity index (χ1v) is 12.1. The smallest absolute Gasteiger partial charge is 0.411 e. The van der Waals surface area contributed by atoms with Crippen molar-refractivity contribution in [2.75, 3.05) is 32.7 Å². The van der Waals surface area contributed by atoms with E-state index in [0.29, 0.717) is 31.3 Å². The Kier molecular flexibility index (Phi) is 7.12. The minimum absolute atomic E-state index is 0.0403. The third kappa shape index (κ3) is 5.96. The highest BCUT2D eigenvalue weighted by molar-refractivity contribution is 5.86. The predicted octanol–water partition coefficient (Wildman–Crippen LogP) is 3.67. The zero-order chi connectivity index (χ0) is 23.6. The second-order valence-electron chi connectivity index (χ2n) is 10.4. The molecule has 3 fully saturated rings. The van der Waals surface area contributed by atoms with Crippen LogP contribution in [0.25, 0.3) is 0 Å². The standard InChI is InChI=1S/C25H36FN3O4/c1-25(2,3)33-24(31)29-17-21(32-20-10-8-18(26)9-11-20)16-22(29)23(30)28-13-5-12-27(14-15-28)19-6-4-7-19/h8-11,19,21-22H,4-7,12-17H2,1-3H3/t21-,22+/m1/s1. The number of ether oxygens (including phenoxy) is 2. The first-order valence-electron chi connectivity index (χ1n) is 12.1. The molecule has 182 valence electrons. The molecule has 2 heterocycles. The molecule has 4 rings (SSSR count). The number of carbonyl (C=O) groups is 2. The molecule has 2 amide bonds. The van der Waals surface area contributed by atoms with Crippen molar-refractivity contribution in [2.45, 2.75) is 76.7 Å². The molecule has 33 heavy (non-hydrogen) atoms. The number of amides is 2. The molecule has 1 saturated carbocycles. The fourth-order valence-electron chi connectivity index (χ4n) is 4.83. The molecule has 0 bridgehead atoms. The second kappa shape index (κ2) is 9.87. The van der Waals surface area contributed by atoms with Crippen LogP contribution in [0.3, 0.4) is 0 Å². The maximum Gasteiger partial charge on any atom is 0.411 e. The summed E-state index contributed by atoms with van der Waals surface area (Å²) in [5, 5.41) is 0. The van der Waals surface area contributed by atoms with E-state index in [1.54, 1.807) is 12.1 Å². The van der Waals surface area contributed by atoms with Gasteiger partial charge < -0.3 is 14.4 Å². The van der Waals surface area contributed by atoms with Crippen molar-refractivity contribution >= 4 is 12.0 Å². The van der Waals surface area contributed by atoms with Gasteiger partial charge in [0, 0.05) is 38.6 Å². The maximum absolute atomic E-state index is 13.6. The molecule has 0 N–H and O–H groups in total. The van der Waals surface area contributed by atoms with Crippen LogP contribution < -0.4 is 4.74 Å². The first-order chi connectivity index (χ1) is 15.7. The van der Waals surface area contributed by atoms with Crippen molar-refractivity contribution in [2.24, 2.45) is 0 Å². The van der Waals surface area contributed by atoms with Crippen LogP contribution in [0.5, 0.6) is 5.75 Å². The van der Waals surface area contributed by atoms with E-state index in [0.717, 1.165) is 19.5 Å². The Balaban J connectivity index is 1.45. The lowest BCUT2D eigenvalue weighted by Crippen LogP contribution is -2.50. The van der Waals surface area contributed by atoms with Crippen molar-refractivity contribution in [3.63, 3.8) is 0 Å². The number of likely N-dealkylation sites (tertiary alicyclic amines) is 1. The predicted molar refractivity (Wildman–Crippen MR) is 123 cm³/mol. The highest BCUT2D eigenvalue weighted by Gasteiger charge is 2.44. The van der Waals surface area contributed by atoms with E-state index in [4.69, 9.17) is 9.47 Å². The average molecular weight is 462 g/mol. The van der Waals surface area contributed by atoms with E-state index in [1.807, 2.05) is 25.7 Å². The monoisotopic (exact) mass is 461 g/mol. The van der Waals surface area contributed by atoms with Crippen LogP contribution in [0.4, 0.5) is 9.18 Å². The average Bonchev–Trinajstić information content (AvgIpc) is 2.98. The molecule has 8 heteroatoms. The Labute approximate surface area is 195 Å². The summed E-state index contributed by atoms with van der Waals surface area (Å²) in [4.78, 5) is 32.5. The van der Waals surface area contributed by atoms with Gasteiger partial charge in [-0.2, -0.15) is 0 Å². The SMILES string of the molecule is CC(C)(C)OC(=O)N1C[C@H](Oc2ccc(F)cc2)C[C@H]1C(=O)N1CCCN(C2CCC2)CC1. The lowest BCUT2D eigenvalue weighted by atomic mass is 9.91. The fourth-order valence-corrected chi connectivity index (χ4v) is 4.83. The molecule has 0 spiro atoms. The van der Waals surface area contributed by atoms with Crippen LogP contribution in [-0.4, -0.2) is 83.2 Å². The van der Waals surface area contributed by atoms with Crippen LogP contribution in [0, 0.1) is 5.82 Å². The molecule has 3 aliphatic rings. The topological polar surface area (TPSA) is 62.3 Å². The molecule has 2 saturated heterocycles. The summed E-state index contributed by atoms with van der Waals surface area (Å²) in [5.74, 6) is 0.139. The van der Waals surface area contributed by atoms with Crippen LogP contribution in [-0.2, 0) is 9.53 Å². The summed E-state index contributed by atoms with van der Waals surface area (Å²) >= 11 is 0. The number of nitrogens with zero attached hydrogens (tertiary/aromatic N) is 3. The van der Waals surface area contributed by atoms with E-state index in [9.17, 15) is 14.0 Å². The molecule has 0 radical (unpaired) electrons. The Morgan fingerprint density at radius 1 is 1.00 bits per heavy atom. The number of benzene rings is 1. The van der Waals surface area contributed by atoms with Crippen molar-refractivity contribution in [3.05, 3.63) is 30.1 Å². The summed E-state index contributed by atoms with van der Waals surface area (Å²) in [6, 6.07) is 5.84. The van der Waals surface area contributed by atoms with Crippen molar-refractivity contribution in [1.82, 2.24) is 14.7 Å². The molecule has 0 aromatic heterocycles. The Morgan fingerprint density at radius 2 is 1.73 bits per heavy atom. The molecule has 0 unspecified atom stereocenters. The van der Waals surface area contributed by atoms with Gasteiger partial charge in [-0.15, -0.1) is 0 Å². The first kappa shape index (κ1) is 23.8. The van der Waals surface area contributed by atoms with Gasteiger partial charge in [0.1, 0.15) is 29.3 Å². The zero-order valence-corrected chi connectivity index (χ0v) is 20.0. The number of hydrogen-bond acceptors (Lipinski definition) is 5. The van der Waals surface area contributed by atoms with Crippen LogP contribution in [0.1, 0.15) is 52.9 Å². The minimum atomic E-state index is -0.660. The summed E-state index contributed by atoms with van der Waals surface area (Å²) < 4.78 is 24.9. The lowest BCUT2D eigenvalue weighted by Gasteiger charge is -2.37. The van der Waals surface area contributed by atoms with Crippen LogP contribution >= 0.6 is 0 Å². The van der Waals surface area contributed by atoms with Gasteiger partial charge in [-0.1, -0.05) is 6.42 Å². The summed E-state index contributed by atoms with van der Waals surface area (Å²) in [6.45, 7) is 8.97. The molecule has 2 atom stereocenters. The molecule has 1 aromatic rings. The van der Waals surface area contributed by atoms with Crippen molar-refractivity contribution in [3.8, 4) is 5.75 Å². The van der Waals surface area contributed by atoms with Crippen LogP contribution in [0.15, 0.2) is 24.3 Å². The molecular weight excluding hydrogens is 425 g/mol. The summed E-state index contributed by atoms with van der Waals surface area (Å²) in [7, 11) is 0. The van der Waals surface area contributed by atoms with E-state index in [1.165, 1.54) is 36.3 Å². The van der Waals surface area contributed by atoms with Crippen molar-refractivity contribution in [1.29, 1.82) is 0 Å². The number of halogens is 1. The van der Waals surface area contributed by atoms with Gasteiger partial charge >= 0.3 is 6.09 Å². The Morgan fingerprint density at radius 3 is 2.36 bits per heavy atom. The summed E-state index contributed by atoms with van der Waals surface area (Å²) in [5.41, 5.74) is -0.660. The van der Waals surface area contributed by atoms with Crippen molar-refractivity contribution < 1.29 is 23.5 Å². The van der Waals surface area contributed by atoms with Gasteiger partial charge in [-0.25, -0.2) is 9.18 Å². The highest BCUT2D eigenvalue weighted by atomic mass is 19.1. The van der Waals surface area contributed by atoms with Gasteiger partial charge in [-0.05, 0) is 64.3 Å². The minimum Gasteiger partial charge on any atom is -0.488 e. The largest absolute Gasteiger partial charge is 0.488 e. The van der Waals surface area contributed by atoms with Gasteiger partial charge in [0.25, 0.3) is 0 Å². The van der Waals surface area contributed by atoms with E-state index in [2.05, 4.69) is 4.90 Å². The third-order valence-electron chi connectivity index (χ3n) is 6.73. The van der Waals surface area contributed by atoms with E-state index >= 15 is 0 Å². The van der Waals surface area contributed by atoms with Gasteiger partial charge in [0.2, 0.25) is 5.91 Å². The van der Waals surface area contributed by atoms with Crippen LogP contribution in [0.2, 0.25) is 0 Å². The number of hydrogen-bond donors (Lipinski definition) is 0. The molecule has 2 aliphatic heterocycles. The molecule has 1 aliphatic carbocycles. The summed E-state index contributed by atoms with van der Waals surface area (Å²) in [6.07, 6.45) is 4.27. The molecule has 1 aromatic carbocycles. The third-order valence-corrected chi connectivity index (χ3v) is 6.73. The molecule has 7 nitrogen and oxygen atoms in total. The number of carbonyl (C=O) groups excluding carboxylic acids is 2. The lowest BCUT2D eigenvalue weighted by molar-refractivity contribution is -0.135. The second-order valence-corrected chi connectivity index (χ2v) is 10.4.